The molecule has 2 unspecified atom stereocenters. The van der Waals surface area contributed by atoms with E-state index in [0.717, 1.165) is 55.5 Å². The van der Waals surface area contributed by atoms with E-state index in [0.29, 0.717) is 19.1 Å². The van der Waals surface area contributed by atoms with Crippen LogP contribution in [0.25, 0.3) is 0 Å². The van der Waals surface area contributed by atoms with E-state index in [4.69, 9.17) is 14.5 Å². The van der Waals surface area contributed by atoms with E-state index < -0.39 is 0 Å². The van der Waals surface area contributed by atoms with Crippen LogP contribution in [0, 0.1) is 0 Å². The molecule has 0 aliphatic carbocycles. The lowest BCUT2D eigenvalue weighted by molar-refractivity contribution is 0.254. The number of benzene rings is 1. The second-order valence-corrected chi connectivity index (χ2v) is 8.18. The van der Waals surface area contributed by atoms with Gasteiger partial charge in [0.1, 0.15) is 17.6 Å². The number of hydrogen-bond donors (Lipinski definition) is 1. The molecule has 1 fully saturated rings. The Morgan fingerprint density at radius 3 is 2.97 bits per heavy atom. The van der Waals surface area contributed by atoms with Gasteiger partial charge in [0.2, 0.25) is 0 Å². The number of likely N-dealkylation sites (tertiary alicyclic amines) is 1. The highest BCUT2D eigenvalue weighted by atomic mass is 16.5. The van der Waals surface area contributed by atoms with E-state index in [1.54, 1.807) is 0 Å². The minimum absolute atomic E-state index is 0.222. The molecule has 1 saturated heterocycles. The van der Waals surface area contributed by atoms with Crippen LogP contribution < -0.4 is 14.8 Å². The molecular weight excluding hydrogens is 378 g/mol. The number of rotatable bonds is 6. The third kappa shape index (κ3) is 4.40. The fourth-order valence-electron chi connectivity index (χ4n) is 4.36. The molecule has 0 amide bonds. The highest BCUT2D eigenvalue weighted by Crippen LogP contribution is 2.35. The first kappa shape index (κ1) is 20.6. The molecule has 2 atom stereocenters. The first-order valence-corrected chi connectivity index (χ1v) is 11.0. The maximum atomic E-state index is 5.96. The second-order valence-electron chi connectivity index (χ2n) is 8.18. The summed E-state index contributed by atoms with van der Waals surface area (Å²) in [5, 5.41) is 7.80. The van der Waals surface area contributed by atoms with Gasteiger partial charge in [-0.1, -0.05) is 0 Å². The fourth-order valence-corrected chi connectivity index (χ4v) is 4.36. The number of guanidine groups is 1. The molecule has 0 radical (unpaired) electrons. The Labute approximate surface area is 179 Å². The molecule has 2 aromatic rings. The highest BCUT2D eigenvalue weighted by Gasteiger charge is 2.27. The summed E-state index contributed by atoms with van der Waals surface area (Å²) in [5.41, 5.74) is 3.60. The summed E-state index contributed by atoms with van der Waals surface area (Å²) in [6.45, 7) is 10.2. The lowest BCUT2D eigenvalue weighted by atomic mass is 10.0. The molecule has 1 aromatic carbocycles. The number of ether oxygens (including phenoxy) is 2. The summed E-state index contributed by atoms with van der Waals surface area (Å²) >= 11 is 0. The van der Waals surface area contributed by atoms with Crippen LogP contribution in [-0.2, 0) is 20.0 Å². The number of hydrogen-bond acceptors (Lipinski definition) is 4. The predicted octanol–water partition coefficient (Wildman–Crippen LogP) is 3.10. The molecule has 4 rings (SSSR count). The van der Waals surface area contributed by atoms with Crippen LogP contribution in [-0.4, -0.2) is 53.0 Å². The van der Waals surface area contributed by atoms with Crippen molar-refractivity contribution in [1.29, 1.82) is 0 Å². The third-order valence-electron chi connectivity index (χ3n) is 5.80. The largest absolute Gasteiger partial charge is 0.494 e. The van der Waals surface area contributed by atoms with Gasteiger partial charge in [0, 0.05) is 56.3 Å². The first-order chi connectivity index (χ1) is 14.6. The van der Waals surface area contributed by atoms with Crippen LogP contribution in [0.1, 0.15) is 49.8 Å². The van der Waals surface area contributed by atoms with Crippen LogP contribution in [0.3, 0.4) is 0 Å². The third-order valence-corrected chi connectivity index (χ3v) is 5.80. The molecule has 1 N–H and O–H groups in total. The van der Waals surface area contributed by atoms with Crippen LogP contribution in [0.2, 0.25) is 0 Å². The van der Waals surface area contributed by atoms with Crippen molar-refractivity contribution in [3.63, 3.8) is 0 Å². The quantitative estimate of drug-likeness (QED) is 0.585. The van der Waals surface area contributed by atoms with Gasteiger partial charge in [-0.05, 0) is 44.9 Å². The summed E-state index contributed by atoms with van der Waals surface area (Å²) in [6.07, 6.45) is 6.38. The Morgan fingerprint density at radius 2 is 2.23 bits per heavy atom. The van der Waals surface area contributed by atoms with Gasteiger partial charge in [0.25, 0.3) is 0 Å². The lowest BCUT2D eigenvalue weighted by Crippen LogP contribution is -2.40. The zero-order valence-electron chi connectivity index (χ0n) is 18.5. The van der Waals surface area contributed by atoms with Gasteiger partial charge in [-0.2, -0.15) is 5.10 Å². The molecule has 3 heterocycles. The molecular formula is C23H33N5O2. The first-order valence-electron chi connectivity index (χ1n) is 11.0. The Kier molecular flexibility index (Phi) is 6.16. The molecule has 2 aliphatic rings. The van der Waals surface area contributed by atoms with Gasteiger partial charge in [-0.25, -0.2) is 4.99 Å². The summed E-state index contributed by atoms with van der Waals surface area (Å²) < 4.78 is 13.8. The van der Waals surface area contributed by atoms with E-state index in [9.17, 15) is 0 Å². The van der Waals surface area contributed by atoms with Crippen LogP contribution in [0.15, 0.2) is 29.5 Å². The van der Waals surface area contributed by atoms with E-state index >= 15 is 0 Å². The molecule has 2 aliphatic heterocycles. The topological polar surface area (TPSA) is 63.9 Å². The van der Waals surface area contributed by atoms with Gasteiger partial charge in [-0.15, -0.1) is 0 Å². The Balaban J connectivity index is 1.51. The molecule has 0 bridgehead atoms. The number of aryl methyl sites for hydroxylation is 1. The van der Waals surface area contributed by atoms with Crippen molar-refractivity contribution in [1.82, 2.24) is 20.0 Å². The molecule has 30 heavy (non-hydrogen) atoms. The molecule has 0 saturated carbocycles. The smallest absolute Gasteiger partial charge is 0.194 e. The maximum absolute atomic E-state index is 5.96. The summed E-state index contributed by atoms with van der Waals surface area (Å²) in [5.74, 6) is 3.35. The van der Waals surface area contributed by atoms with Gasteiger partial charge >= 0.3 is 0 Å². The van der Waals surface area contributed by atoms with E-state index in [1.165, 1.54) is 11.1 Å². The van der Waals surface area contributed by atoms with Crippen LogP contribution in [0.4, 0.5) is 0 Å². The number of aliphatic imine (C=N–C) groups is 1. The van der Waals surface area contributed by atoms with Gasteiger partial charge in [-0.3, -0.25) is 4.68 Å². The van der Waals surface area contributed by atoms with Crippen molar-refractivity contribution in [2.75, 3.05) is 26.2 Å². The maximum Gasteiger partial charge on any atom is 0.194 e. The van der Waals surface area contributed by atoms with Crippen molar-refractivity contribution in [3.05, 3.63) is 41.2 Å². The monoisotopic (exact) mass is 411 g/mol. The summed E-state index contributed by atoms with van der Waals surface area (Å²) in [4.78, 5) is 7.32. The van der Waals surface area contributed by atoms with Crippen molar-refractivity contribution in [3.8, 4) is 11.5 Å². The normalized spacial score (nSPS) is 20.9. The van der Waals surface area contributed by atoms with E-state index in [2.05, 4.69) is 47.5 Å². The van der Waals surface area contributed by atoms with Gasteiger partial charge < -0.3 is 19.7 Å². The van der Waals surface area contributed by atoms with Crippen molar-refractivity contribution >= 4 is 5.96 Å². The van der Waals surface area contributed by atoms with E-state index in [-0.39, 0.29) is 6.10 Å². The Bertz CT molecular complexity index is 907. The number of nitrogens with one attached hydrogen (secondary N) is 1. The second kappa shape index (κ2) is 8.98. The number of aromatic nitrogens is 2. The zero-order chi connectivity index (χ0) is 21.1. The number of nitrogens with zero attached hydrogens (tertiary/aromatic N) is 4. The zero-order valence-corrected chi connectivity index (χ0v) is 18.5. The van der Waals surface area contributed by atoms with Crippen LogP contribution >= 0.6 is 0 Å². The SMILES string of the molecule is CCNC(=NCc1cc2c(cc1OCC)CC(C)O2)N1CCC(c2cnn(C)c2)C1. The van der Waals surface area contributed by atoms with Gasteiger partial charge in [0.15, 0.2) is 5.96 Å². The number of fused-ring (bicyclic) bond motifs is 1. The highest BCUT2D eigenvalue weighted by molar-refractivity contribution is 5.80. The average molecular weight is 412 g/mol. The Hall–Kier alpha value is -2.70. The predicted molar refractivity (Wildman–Crippen MR) is 118 cm³/mol. The van der Waals surface area contributed by atoms with Crippen molar-refractivity contribution in [2.45, 2.75) is 52.2 Å². The van der Waals surface area contributed by atoms with Crippen molar-refractivity contribution < 1.29 is 9.47 Å². The van der Waals surface area contributed by atoms with E-state index in [1.807, 2.05) is 24.9 Å². The fraction of sp³-hybridized carbons (Fsp3) is 0.565. The molecule has 0 spiro atoms. The summed E-state index contributed by atoms with van der Waals surface area (Å²) in [6, 6.07) is 4.24. The summed E-state index contributed by atoms with van der Waals surface area (Å²) in [7, 11) is 1.97. The minimum atomic E-state index is 0.222. The minimum Gasteiger partial charge on any atom is -0.494 e. The molecule has 162 valence electrons. The van der Waals surface area contributed by atoms with Crippen LogP contribution in [0.5, 0.6) is 11.5 Å². The molecule has 7 nitrogen and oxygen atoms in total. The van der Waals surface area contributed by atoms with Gasteiger partial charge in [0.05, 0.1) is 19.3 Å². The standard InChI is InChI=1S/C23H33N5O2/c1-5-24-23(28-8-7-17(15-28)20-13-26-27(4)14-20)25-12-19-11-22-18(9-16(3)30-22)10-21(19)29-6-2/h10-11,13-14,16-17H,5-9,12,15H2,1-4H3,(H,24,25). The molecule has 7 heteroatoms. The molecule has 1 aromatic heterocycles. The Morgan fingerprint density at radius 1 is 1.37 bits per heavy atom. The average Bonchev–Trinajstić information content (AvgIpc) is 3.44. The lowest BCUT2D eigenvalue weighted by Gasteiger charge is -2.22. The van der Waals surface area contributed by atoms with Crippen molar-refractivity contribution in [2.24, 2.45) is 12.0 Å².